The van der Waals surface area contributed by atoms with Crippen molar-refractivity contribution in [3.63, 3.8) is 0 Å². The van der Waals surface area contributed by atoms with Crippen molar-refractivity contribution >= 4 is 44.6 Å². The van der Waals surface area contributed by atoms with Crippen molar-refractivity contribution in [1.29, 1.82) is 0 Å². The second-order valence-corrected chi connectivity index (χ2v) is 7.33. The standard InChI is InChI=1S/C20H16BrFN2O5/c21-18-14-11-17(29-20(26)27)28-16(14)5-4-15(18)23-6-8-24(9-7-23)19(25)12-2-1-3-13(22)10-12/h1-5,10-11H,6-9H2,(H,26,27). The van der Waals surface area contributed by atoms with Gasteiger partial charge < -0.3 is 24.1 Å². The van der Waals surface area contributed by atoms with Gasteiger partial charge in [0.1, 0.15) is 11.4 Å². The van der Waals surface area contributed by atoms with Crippen LogP contribution in [-0.2, 0) is 0 Å². The van der Waals surface area contributed by atoms with E-state index in [1.807, 2.05) is 6.07 Å². The summed E-state index contributed by atoms with van der Waals surface area (Å²) in [6.07, 6.45) is -1.44. The summed E-state index contributed by atoms with van der Waals surface area (Å²) in [6, 6.07) is 10.8. The van der Waals surface area contributed by atoms with E-state index in [0.29, 0.717) is 42.7 Å². The molecule has 0 unspecified atom stereocenters. The van der Waals surface area contributed by atoms with Crippen LogP contribution in [0.1, 0.15) is 10.4 Å². The summed E-state index contributed by atoms with van der Waals surface area (Å²) >= 11 is 3.56. The minimum Gasteiger partial charge on any atom is -0.449 e. The van der Waals surface area contributed by atoms with Crippen molar-refractivity contribution in [3.8, 4) is 5.95 Å². The summed E-state index contributed by atoms with van der Waals surface area (Å²) < 4.78 is 24.1. The third-order valence-corrected chi connectivity index (χ3v) is 5.59. The first-order chi connectivity index (χ1) is 13.9. The van der Waals surface area contributed by atoms with Gasteiger partial charge in [-0.3, -0.25) is 4.79 Å². The number of nitrogens with zero attached hydrogens (tertiary/aromatic N) is 2. The predicted molar refractivity (Wildman–Crippen MR) is 107 cm³/mol. The first-order valence-corrected chi connectivity index (χ1v) is 9.64. The van der Waals surface area contributed by atoms with E-state index in [2.05, 4.69) is 25.6 Å². The molecule has 29 heavy (non-hydrogen) atoms. The first kappa shape index (κ1) is 19.3. The van der Waals surface area contributed by atoms with Crippen molar-refractivity contribution in [3.05, 3.63) is 58.3 Å². The minimum absolute atomic E-state index is 0.101. The highest BCUT2D eigenvalue weighted by molar-refractivity contribution is 9.10. The molecule has 1 amide bonds. The molecule has 150 valence electrons. The zero-order valence-electron chi connectivity index (χ0n) is 15.1. The number of amides is 1. The third kappa shape index (κ3) is 3.91. The van der Waals surface area contributed by atoms with Crippen molar-refractivity contribution in [2.24, 2.45) is 0 Å². The lowest BCUT2D eigenvalue weighted by molar-refractivity contribution is 0.0746. The number of carbonyl (C=O) groups excluding carboxylic acids is 1. The lowest BCUT2D eigenvalue weighted by Gasteiger charge is -2.36. The Labute approximate surface area is 173 Å². The molecule has 7 nitrogen and oxygen atoms in total. The van der Waals surface area contributed by atoms with Gasteiger partial charge >= 0.3 is 6.16 Å². The zero-order valence-corrected chi connectivity index (χ0v) is 16.7. The zero-order chi connectivity index (χ0) is 20.5. The number of carboxylic acid groups (broad SMARTS) is 1. The molecule has 2 aromatic carbocycles. The number of furan rings is 1. The highest BCUT2D eigenvalue weighted by Gasteiger charge is 2.24. The molecule has 1 saturated heterocycles. The Hall–Kier alpha value is -3.07. The summed E-state index contributed by atoms with van der Waals surface area (Å²) in [6.45, 7) is 2.19. The third-order valence-electron chi connectivity index (χ3n) is 4.76. The second kappa shape index (κ2) is 7.75. The molecule has 0 atom stereocenters. The van der Waals surface area contributed by atoms with E-state index in [1.165, 1.54) is 24.3 Å². The fraction of sp³-hybridized carbons (Fsp3) is 0.200. The number of hydrogen-bond acceptors (Lipinski definition) is 5. The monoisotopic (exact) mass is 462 g/mol. The van der Waals surface area contributed by atoms with Crippen LogP contribution in [0.15, 0.2) is 51.4 Å². The van der Waals surface area contributed by atoms with Gasteiger partial charge in [0.15, 0.2) is 0 Å². The normalized spacial score (nSPS) is 14.3. The average molecular weight is 463 g/mol. The first-order valence-electron chi connectivity index (χ1n) is 8.85. The van der Waals surface area contributed by atoms with E-state index in [4.69, 9.17) is 9.52 Å². The molecular weight excluding hydrogens is 447 g/mol. The van der Waals surface area contributed by atoms with Gasteiger partial charge in [0.25, 0.3) is 11.9 Å². The lowest BCUT2D eigenvalue weighted by atomic mass is 10.1. The maximum absolute atomic E-state index is 13.4. The molecule has 0 spiro atoms. The maximum Gasteiger partial charge on any atom is 0.513 e. The molecular formula is C20H16BrFN2O5. The maximum atomic E-state index is 13.4. The van der Waals surface area contributed by atoms with Crippen LogP contribution in [0.4, 0.5) is 14.9 Å². The molecule has 1 aromatic heterocycles. The highest BCUT2D eigenvalue weighted by atomic mass is 79.9. The van der Waals surface area contributed by atoms with Gasteiger partial charge in [0.2, 0.25) is 0 Å². The number of carbonyl (C=O) groups is 2. The van der Waals surface area contributed by atoms with Gasteiger partial charge in [-0.15, -0.1) is 0 Å². The molecule has 2 heterocycles. The molecule has 9 heteroatoms. The molecule has 0 bridgehead atoms. The van der Waals surface area contributed by atoms with Gasteiger partial charge in [-0.25, -0.2) is 9.18 Å². The molecule has 3 aromatic rings. The van der Waals surface area contributed by atoms with Gasteiger partial charge in [-0.2, -0.15) is 0 Å². The van der Waals surface area contributed by atoms with Gasteiger partial charge in [0, 0.05) is 43.2 Å². The summed E-state index contributed by atoms with van der Waals surface area (Å²) in [7, 11) is 0. The van der Waals surface area contributed by atoms with E-state index >= 15 is 0 Å². The van der Waals surface area contributed by atoms with Crippen LogP contribution < -0.4 is 9.64 Å². The second-order valence-electron chi connectivity index (χ2n) is 6.53. The SMILES string of the molecule is O=C(O)Oc1cc2c(Br)c(N3CCN(C(=O)c4cccc(F)c4)CC3)ccc2o1. The largest absolute Gasteiger partial charge is 0.513 e. The quantitative estimate of drug-likeness (QED) is 0.582. The number of halogens is 2. The number of benzene rings is 2. The van der Waals surface area contributed by atoms with Crippen molar-refractivity contribution < 1.29 is 28.2 Å². The molecule has 1 fully saturated rings. The van der Waals surface area contributed by atoms with Crippen LogP contribution in [0, 0.1) is 5.82 Å². The smallest absolute Gasteiger partial charge is 0.449 e. The Balaban J connectivity index is 1.49. The summed E-state index contributed by atoms with van der Waals surface area (Å²) in [4.78, 5) is 27.1. The summed E-state index contributed by atoms with van der Waals surface area (Å²) in [5.74, 6) is -0.724. The average Bonchev–Trinajstić information content (AvgIpc) is 3.11. The minimum atomic E-state index is -1.44. The van der Waals surface area contributed by atoms with E-state index < -0.39 is 12.0 Å². The molecule has 1 N–H and O–H groups in total. The molecule has 0 radical (unpaired) electrons. The van der Waals surface area contributed by atoms with Crippen LogP contribution in [-0.4, -0.2) is 48.2 Å². The Morgan fingerprint density at radius 3 is 2.55 bits per heavy atom. The van der Waals surface area contributed by atoms with Crippen molar-refractivity contribution in [1.82, 2.24) is 4.90 Å². The Bertz CT molecular complexity index is 1090. The van der Waals surface area contributed by atoms with Crippen molar-refractivity contribution in [2.45, 2.75) is 0 Å². The van der Waals surface area contributed by atoms with Gasteiger partial charge in [-0.1, -0.05) is 6.07 Å². The highest BCUT2D eigenvalue weighted by Crippen LogP contribution is 2.38. The fourth-order valence-electron chi connectivity index (χ4n) is 3.38. The summed E-state index contributed by atoms with van der Waals surface area (Å²) in [5, 5.41) is 9.42. The van der Waals surface area contributed by atoms with Crippen LogP contribution in [0.2, 0.25) is 0 Å². The number of anilines is 1. The van der Waals surface area contributed by atoms with E-state index in [1.54, 1.807) is 17.0 Å². The van der Waals surface area contributed by atoms with Gasteiger partial charge in [0.05, 0.1) is 10.2 Å². The topological polar surface area (TPSA) is 83.2 Å². The Morgan fingerprint density at radius 2 is 1.86 bits per heavy atom. The number of piperazine rings is 1. The number of ether oxygens (including phenoxy) is 1. The Kier molecular flexibility index (Phi) is 5.14. The molecule has 0 aliphatic carbocycles. The molecule has 1 aliphatic heterocycles. The lowest BCUT2D eigenvalue weighted by Crippen LogP contribution is -2.48. The predicted octanol–water partition coefficient (Wildman–Crippen LogP) is 4.35. The van der Waals surface area contributed by atoms with E-state index in [0.717, 1.165) is 10.2 Å². The fourth-order valence-corrected chi connectivity index (χ4v) is 4.07. The van der Waals surface area contributed by atoms with E-state index in [-0.39, 0.29) is 11.9 Å². The Morgan fingerprint density at radius 1 is 1.10 bits per heavy atom. The van der Waals surface area contributed by atoms with Crippen LogP contribution in [0.25, 0.3) is 11.0 Å². The number of rotatable bonds is 3. The van der Waals surface area contributed by atoms with Crippen LogP contribution >= 0.6 is 15.9 Å². The molecule has 1 aliphatic rings. The number of hydrogen-bond donors (Lipinski definition) is 1. The van der Waals surface area contributed by atoms with Crippen LogP contribution in [0.5, 0.6) is 5.95 Å². The molecule has 0 saturated carbocycles. The van der Waals surface area contributed by atoms with Crippen LogP contribution in [0.3, 0.4) is 0 Å². The number of fused-ring (bicyclic) bond motifs is 1. The summed E-state index contributed by atoms with van der Waals surface area (Å²) in [5.41, 5.74) is 1.74. The van der Waals surface area contributed by atoms with Crippen molar-refractivity contribution in [2.75, 3.05) is 31.1 Å². The van der Waals surface area contributed by atoms with Gasteiger partial charge in [-0.05, 0) is 46.3 Å². The van der Waals surface area contributed by atoms with E-state index in [9.17, 15) is 14.0 Å². The molecule has 4 rings (SSSR count).